The molecule has 1 aliphatic carbocycles. The van der Waals surface area contributed by atoms with E-state index in [9.17, 15) is 0 Å². The number of hydrogen-bond donors (Lipinski definition) is 0. The van der Waals surface area contributed by atoms with E-state index in [0.29, 0.717) is 0 Å². The van der Waals surface area contributed by atoms with Crippen molar-refractivity contribution in [3.8, 4) is 22.4 Å². The fraction of sp³-hybridized carbons (Fsp3) is 0.214. The van der Waals surface area contributed by atoms with Crippen LogP contribution in [0.5, 0.6) is 0 Å². The lowest BCUT2D eigenvalue weighted by atomic mass is 9.84. The molecule has 3 nitrogen and oxygen atoms in total. The minimum absolute atomic E-state index is 0.125. The molecular formula is C28H25N2O+. The fourth-order valence-electron chi connectivity index (χ4n) is 5.21. The molecule has 152 valence electrons. The monoisotopic (exact) mass is 405 g/mol. The van der Waals surface area contributed by atoms with Gasteiger partial charge in [-0.1, -0.05) is 32.0 Å². The molecule has 0 bridgehead atoms. The largest absolute Gasteiger partial charge is 0.455 e. The Bertz CT molecular complexity index is 1540. The number of benzene rings is 2. The van der Waals surface area contributed by atoms with Gasteiger partial charge in [-0.2, -0.15) is 0 Å². The number of nitrogens with zero attached hydrogens (tertiary/aromatic N) is 2. The molecule has 0 saturated carbocycles. The molecule has 0 spiro atoms. The van der Waals surface area contributed by atoms with E-state index in [0.717, 1.165) is 16.9 Å². The maximum absolute atomic E-state index is 6.59. The van der Waals surface area contributed by atoms with Crippen molar-refractivity contribution in [1.82, 2.24) is 4.98 Å². The highest BCUT2D eigenvalue weighted by Gasteiger charge is 2.37. The van der Waals surface area contributed by atoms with Gasteiger partial charge in [0.2, 0.25) is 5.69 Å². The molecule has 0 amide bonds. The molecule has 0 unspecified atom stereocenters. The van der Waals surface area contributed by atoms with Crippen LogP contribution in [0.25, 0.3) is 44.3 Å². The number of pyridine rings is 2. The third-order valence-corrected chi connectivity index (χ3v) is 6.91. The van der Waals surface area contributed by atoms with Gasteiger partial charge in [0.15, 0.2) is 6.20 Å². The van der Waals surface area contributed by atoms with E-state index in [1.165, 1.54) is 49.8 Å². The van der Waals surface area contributed by atoms with Crippen LogP contribution in [0.1, 0.15) is 36.2 Å². The van der Waals surface area contributed by atoms with E-state index in [2.05, 4.69) is 88.0 Å². The van der Waals surface area contributed by atoms with Crippen molar-refractivity contribution in [1.29, 1.82) is 0 Å². The number of rotatable bonds is 1. The molecule has 3 heteroatoms. The highest BCUT2D eigenvalue weighted by atomic mass is 16.3. The fourth-order valence-corrected chi connectivity index (χ4v) is 5.21. The molecule has 6 rings (SSSR count). The van der Waals surface area contributed by atoms with Crippen molar-refractivity contribution in [2.75, 3.05) is 0 Å². The zero-order chi connectivity index (χ0) is 21.5. The van der Waals surface area contributed by atoms with Crippen LogP contribution in [0.4, 0.5) is 0 Å². The summed E-state index contributed by atoms with van der Waals surface area (Å²) in [5.74, 6) is 0. The summed E-state index contributed by atoms with van der Waals surface area (Å²) in [4.78, 5) is 4.71. The molecule has 1 aliphatic rings. The summed E-state index contributed by atoms with van der Waals surface area (Å²) in [6.45, 7) is 8.83. The van der Waals surface area contributed by atoms with E-state index in [1.54, 1.807) is 0 Å². The number of hydrogen-bond acceptors (Lipinski definition) is 2. The zero-order valence-electron chi connectivity index (χ0n) is 18.6. The lowest BCUT2D eigenvalue weighted by Gasteiger charge is -2.19. The lowest BCUT2D eigenvalue weighted by Crippen LogP contribution is -2.30. The standard InChI is InChI=1S/C28H25N2O/c1-16-10-12-30(5)23(13-16)25-17(2)8-9-18-21-14-22-20(15-24(21)31-26(18)25)19-7-6-11-29-27(19)28(22,3)4/h6-15H,1-5H3/q+1. The molecular weight excluding hydrogens is 380 g/mol. The Hall–Kier alpha value is -3.46. The first kappa shape index (κ1) is 18.3. The van der Waals surface area contributed by atoms with Gasteiger partial charge >= 0.3 is 0 Å². The number of furan rings is 1. The predicted octanol–water partition coefficient (Wildman–Crippen LogP) is 6.40. The SMILES string of the molecule is Cc1cc[n+](C)c(-c2c(C)ccc3c2oc2cc4c(cc23)C(C)(C)c2ncccc2-4)c1. The van der Waals surface area contributed by atoms with Crippen molar-refractivity contribution in [2.24, 2.45) is 7.05 Å². The molecule has 3 aromatic heterocycles. The van der Waals surface area contributed by atoms with Gasteiger partial charge in [-0.05, 0) is 54.3 Å². The molecule has 0 atom stereocenters. The molecule has 0 saturated heterocycles. The Morgan fingerprint density at radius 3 is 2.61 bits per heavy atom. The number of fused-ring (bicyclic) bond motifs is 6. The summed E-state index contributed by atoms with van der Waals surface area (Å²) in [6.07, 6.45) is 4.01. The van der Waals surface area contributed by atoms with Crippen molar-refractivity contribution in [3.05, 3.63) is 83.3 Å². The molecule has 0 N–H and O–H groups in total. The van der Waals surface area contributed by atoms with Crippen LogP contribution in [0.15, 0.2) is 65.3 Å². The van der Waals surface area contributed by atoms with Gasteiger partial charge in [-0.15, -0.1) is 0 Å². The quantitative estimate of drug-likeness (QED) is 0.302. The van der Waals surface area contributed by atoms with Crippen LogP contribution in [0.2, 0.25) is 0 Å². The summed E-state index contributed by atoms with van der Waals surface area (Å²) in [5, 5.41) is 2.34. The third-order valence-electron chi connectivity index (χ3n) is 6.91. The summed E-state index contributed by atoms with van der Waals surface area (Å²) in [6, 6.07) is 17.5. The van der Waals surface area contributed by atoms with E-state index in [4.69, 9.17) is 9.40 Å². The molecule has 31 heavy (non-hydrogen) atoms. The second-order valence-electron chi connectivity index (χ2n) is 9.35. The molecule has 3 heterocycles. The molecule has 5 aromatic rings. The Labute approximate surface area is 182 Å². The van der Waals surface area contributed by atoms with Gasteiger partial charge in [-0.3, -0.25) is 4.98 Å². The van der Waals surface area contributed by atoms with Crippen molar-refractivity contribution >= 4 is 21.9 Å². The summed E-state index contributed by atoms with van der Waals surface area (Å²) < 4.78 is 8.76. The van der Waals surface area contributed by atoms with Crippen LogP contribution in [-0.2, 0) is 12.5 Å². The van der Waals surface area contributed by atoms with Gasteiger partial charge in [0, 0.05) is 40.1 Å². The van der Waals surface area contributed by atoms with Crippen molar-refractivity contribution in [2.45, 2.75) is 33.1 Å². The van der Waals surface area contributed by atoms with E-state index in [-0.39, 0.29) is 5.41 Å². The number of aryl methyl sites for hydroxylation is 3. The van der Waals surface area contributed by atoms with Gasteiger partial charge in [0.25, 0.3) is 0 Å². The molecule has 0 aliphatic heterocycles. The average Bonchev–Trinajstić information content (AvgIpc) is 3.22. The van der Waals surface area contributed by atoms with Crippen LogP contribution < -0.4 is 4.57 Å². The zero-order valence-corrected chi connectivity index (χ0v) is 18.6. The average molecular weight is 406 g/mol. The first-order chi connectivity index (χ1) is 14.9. The summed E-state index contributed by atoms with van der Waals surface area (Å²) in [5.41, 5.74) is 11.5. The number of aromatic nitrogens is 2. The van der Waals surface area contributed by atoms with Crippen LogP contribution in [0.3, 0.4) is 0 Å². The van der Waals surface area contributed by atoms with E-state index in [1.807, 2.05) is 12.3 Å². The minimum Gasteiger partial charge on any atom is -0.455 e. The molecule has 0 fully saturated rings. The van der Waals surface area contributed by atoms with Crippen molar-refractivity contribution < 1.29 is 8.98 Å². The van der Waals surface area contributed by atoms with E-state index >= 15 is 0 Å². The van der Waals surface area contributed by atoms with Crippen LogP contribution in [-0.4, -0.2) is 4.98 Å². The van der Waals surface area contributed by atoms with E-state index < -0.39 is 0 Å². The lowest BCUT2D eigenvalue weighted by molar-refractivity contribution is -0.660. The first-order valence-corrected chi connectivity index (χ1v) is 10.8. The van der Waals surface area contributed by atoms with Gasteiger partial charge in [0.1, 0.15) is 18.2 Å². The highest BCUT2D eigenvalue weighted by molar-refractivity contribution is 6.11. The highest BCUT2D eigenvalue weighted by Crippen LogP contribution is 2.50. The summed E-state index contributed by atoms with van der Waals surface area (Å²) in [7, 11) is 2.09. The molecule has 2 aromatic carbocycles. The van der Waals surface area contributed by atoms with Gasteiger partial charge < -0.3 is 4.42 Å². The second-order valence-corrected chi connectivity index (χ2v) is 9.35. The third kappa shape index (κ3) is 2.40. The van der Waals surface area contributed by atoms with Crippen LogP contribution >= 0.6 is 0 Å². The first-order valence-electron chi connectivity index (χ1n) is 10.8. The Morgan fingerprint density at radius 2 is 1.77 bits per heavy atom. The van der Waals surface area contributed by atoms with Gasteiger partial charge in [-0.25, -0.2) is 4.57 Å². The molecule has 0 radical (unpaired) electrons. The topological polar surface area (TPSA) is 29.9 Å². The second kappa shape index (κ2) is 6.04. The van der Waals surface area contributed by atoms with Gasteiger partial charge in [0.05, 0.1) is 11.3 Å². The Morgan fingerprint density at radius 1 is 0.935 bits per heavy atom. The maximum Gasteiger partial charge on any atom is 0.216 e. The van der Waals surface area contributed by atoms with Crippen molar-refractivity contribution in [3.63, 3.8) is 0 Å². The normalized spacial score (nSPS) is 14.2. The maximum atomic E-state index is 6.59. The van der Waals surface area contributed by atoms with Crippen LogP contribution in [0, 0.1) is 13.8 Å². The predicted molar refractivity (Wildman–Crippen MR) is 125 cm³/mol. The minimum atomic E-state index is -0.125. The Kier molecular flexibility index (Phi) is 3.57. The smallest absolute Gasteiger partial charge is 0.216 e. The Balaban J connectivity index is 1.70. The summed E-state index contributed by atoms with van der Waals surface area (Å²) >= 11 is 0.